The third-order valence-corrected chi connectivity index (χ3v) is 5.89. The molecule has 2 aliphatic rings. The fourth-order valence-corrected chi connectivity index (χ4v) is 4.65. The van der Waals surface area contributed by atoms with Gasteiger partial charge in [-0.2, -0.15) is 4.98 Å². The van der Waals surface area contributed by atoms with Crippen LogP contribution in [-0.4, -0.2) is 56.1 Å². The van der Waals surface area contributed by atoms with Crippen LogP contribution in [0.3, 0.4) is 0 Å². The van der Waals surface area contributed by atoms with E-state index in [9.17, 15) is 4.79 Å². The van der Waals surface area contributed by atoms with Crippen LogP contribution < -0.4 is 4.90 Å². The number of benzene rings is 1. The Morgan fingerprint density at radius 1 is 1.00 bits per heavy atom. The molecule has 2 fully saturated rings. The van der Waals surface area contributed by atoms with Crippen LogP contribution in [-0.2, 0) is 0 Å². The number of hydrogen-bond acceptors (Lipinski definition) is 7. The summed E-state index contributed by atoms with van der Waals surface area (Å²) in [6.07, 6.45) is 2.07. The van der Waals surface area contributed by atoms with Gasteiger partial charge in [0.2, 0.25) is 5.95 Å². The highest BCUT2D eigenvalue weighted by Gasteiger charge is 2.43. The molecule has 3 aromatic rings. The van der Waals surface area contributed by atoms with Gasteiger partial charge in [0, 0.05) is 36.6 Å². The van der Waals surface area contributed by atoms with E-state index in [1.165, 1.54) is 0 Å². The molecule has 4 heterocycles. The number of anilines is 1. The van der Waals surface area contributed by atoms with Gasteiger partial charge in [0.1, 0.15) is 0 Å². The first-order valence-corrected chi connectivity index (χ1v) is 10.3. The zero-order valence-corrected chi connectivity index (χ0v) is 17.4. The molecule has 8 heteroatoms. The number of likely N-dealkylation sites (tertiary alicyclic amines) is 1. The summed E-state index contributed by atoms with van der Waals surface area (Å²) in [7, 11) is 0. The minimum absolute atomic E-state index is 0.000607. The van der Waals surface area contributed by atoms with E-state index in [0.29, 0.717) is 35.9 Å². The molecule has 8 nitrogen and oxygen atoms in total. The molecule has 154 valence electrons. The van der Waals surface area contributed by atoms with E-state index >= 15 is 0 Å². The van der Waals surface area contributed by atoms with Gasteiger partial charge in [-0.3, -0.25) is 4.79 Å². The Kier molecular flexibility index (Phi) is 4.49. The number of carbonyl (C=O) groups is 1. The van der Waals surface area contributed by atoms with E-state index in [-0.39, 0.29) is 18.0 Å². The minimum Gasteiger partial charge on any atom is -0.334 e. The fourth-order valence-electron chi connectivity index (χ4n) is 4.65. The lowest BCUT2D eigenvalue weighted by atomic mass is 10.0. The average Bonchev–Trinajstić information content (AvgIpc) is 3.27. The van der Waals surface area contributed by atoms with Gasteiger partial charge in [-0.1, -0.05) is 17.3 Å². The quantitative estimate of drug-likeness (QED) is 0.663. The molecule has 1 aromatic carbocycles. The molecular weight excluding hydrogens is 380 g/mol. The van der Waals surface area contributed by atoms with E-state index in [0.717, 1.165) is 30.2 Å². The third kappa shape index (κ3) is 3.22. The molecule has 2 bridgehead atoms. The Balaban J connectivity index is 1.41. The van der Waals surface area contributed by atoms with Crippen LogP contribution in [0.4, 0.5) is 5.95 Å². The smallest absolute Gasteiger partial charge is 0.258 e. The first kappa shape index (κ1) is 18.7. The van der Waals surface area contributed by atoms with Crippen molar-refractivity contribution in [2.24, 2.45) is 0 Å². The molecule has 0 aliphatic carbocycles. The lowest BCUT2D eigenvalue weighted by molar-refractivity contribution is 0.0717. The van der Waals surface area contributed by atoms with Crippen molar-refractivity contribution in [1.29, 1.82) is 0 Å². The van der Waals surface area contributed by atoms with E-state index in [1.54, 1.807) is 6.92 Å². The number of amides is 1. The van der Waals surface area contributed by atoms with Crippen LogP contribution in [0.25, 0.3) is 11.5 Å². The average molecular weight is 404 g/mol. The summed E-state index contributed by atoms with van der Waals surface area (Å²) in [4.78, 5) is 31.4. The van der Waals surface area contributed by atoms with Crippen molar-refractivity contribution in [3.63, 3.8) is 0 Å². The molecule has 0 saturated carbocycles. The van der Waals surface area contributed by atoms with Crippen LogP contribution >= 0.6 is 0 Å². The number of aromatic nitrogens is 4. The van der Waals surface area contributed by atoms with Crippen molar-refractivity contribution in [3.8, 4) is 11.5 Å². The van der Waals surface area contributed by atoms with Crippen molar-refractivity contribution in [2.45, 2.75) is 45.7 Å². The second-order valence-electron chi connectivity index (χ2n) is 8.15. The number of aryl methyl sites for hydroxylation is 3. The summed E-state index contributed by atoms with van der Waals surface area (Å²) in [5.41, 5.74) is 3.21. The largest absolute Gasteiger partial charge is 0.334 e. The molecule has 5 rings (SSSR count). The second kappa shape index (κ2) is 7.19. The zero-order chi connectivity index (χ0) is 20.8. The highest BCUT2D eigenvalue weighted by Crippen LogP contribution is 2.34. The molecule has 2 aliphatic heterocycles. The van der Waals surface area contributed by atoms with Crippen molar-refractivity contribution in [2.75, 3.05) is 18.0 Å². The van der Waals surface area contributed by atoms with Gasteiger partial charge in [-0.15, -0.1) is 0 Å². The normalized spacial score (nSPS) is 20.6. The van der Waals surface area contributed by atoms with Gasteiger partial charge in [-0.25, -0.2) is 9.97 Å². The van der Waals surface area contributed by atoms with Crippen LogP contribution in [0.2, 0.25) is 0 Å². The second-order valence-corrected chi connectivity index (χ2v) is 8.15. The van der Waals surface area contributed by atoms with Crippen molar-refractivity contribution in [1.82, 2.24) is 25.0 Å². The fraction of sp³-hybridized carbons (Fsp3) is 0.409. The number of hydrogen-bond donors (Lipinski definition) is 0. The van der Waals surface area contributed by atoms with Gasteiger partial charge < -0.3 is 14.3 Å². The van der Waals surface area contributed by atoms with Gasteiger partial charge in [0.25, 0.3) is 11.8 Å². The molecule has 0 spiro atoms. The third-order valence-electron chi connectivity index (χ3n) is 5.89. The predicted octanol–water partition coefficient (Wildman–Crippen LogP) is 2.95. The standard InChI is InChI=1S/C22H24N6O2/c1-13-10-14(2)24-22(23-13)28-16-8-9-17(28)12-27(11-16)21(29)19-7-5-4-6-18(19)20-25-15(3)26-30-20/h4-7,10,16-17H,8-9,11-12H2,1-3H3. The van der Waals surface area contributed by atoms with Crippen molar-refractivity contribution >= 4 is 11.9 Å². The Hall–Kier alpha value is -3.29. The van der Waals surface area contributed by atoms with E-state index in [1.807, 2.05) is 49.1 Å². The lowest BCUT2D eigenvalue weighted by Crippen LogP contribution is -2.56. The van der Waals surface area contributed by atoms with Crippen LogP contribution in [0.15, 0.2) is 34.9 Å². The van der Waals surface area contributed by atoms with Crippen LogP contribution in [0.5, 0.6) is 0 Å². The molecule has 0 radical (unpaired) electrons. The summed E-state index contributed by atoms with van der Waals surface area (Å²) in [5, 5.41) is 3.87. The topological polar surface area (TPSA) is 88.3 Å². The van der Waals surface area contributed by atoms with Crippen molar-refractivity contribution in [3.05, 3.63) is 53.1 Å². The van der Waals surface area contributed by atoms with E-state index in [2.05, 4.69) is 25.0 Å². The Labute approximate surface area is 174 Å². The lowest BCUT2D eigenvalue weighted by Gasteiger charge is -2.41. The molecule has 1 amide bonds. The van der Waals surface area contributed by atoms with Crippen LogP contribution in [0, 0.1) is 20.8 Å². The monoisotopic (exact) mass is 404 g/mol. The molecule has 2 aromatic heterocycles. The first-order chi connectivity index (χ1) is 14.5. The maximum atomic E-state index is 13.5. The predicted molar refractivity (Wildman–Crippen MR) is 111 cm³/mol. The van der Waals surface area contributed by atoms with Crippen molar-refractivity contribution < 1.29 is 9.32 Å². The highest BCUT2D eigenvalue weighted by molar-refractivity contribution is 6.00. The molecule has 30 heavy (non-hydrogen) atoms. The molecule has 2 atom stereocenters. The van der Waals surface area contributed by atoms with E-state index < -0.39 is 0 Å². The number of carbonyl (C=O) groups excluding carboxylic acids is 1. The Bertz CT molecular complexity index is 1080. The summed E-state index contributed by atoms with van der Waals surface area (Å²) >= 11 is 0. The van der Waals surface area contributed by atoms with Gasteiger partial charge >= 0.3 is 0 Å². The number of fused-ring (bicyclic) bond motifs is 2. The summed E-state index contributed by atoms with van der Waals surface area (Å²) in [6.45, 7) is 7.07. The SMILES string of the molecule is Cc1cc(C)nc(N2C3CCC2CN(C(=O)c2ccccc2-c2nc(C)no2)C3)n1. The van der Waals surface area contributed by atoms with Gasteiger partial charge in [0.15, 0.2) is 5.82 Å². The minimum atomic E-state index is -0.000607. The maximum absolute atomic E-state index is 13.5. The summed E-state index contributed by atoms with van der Waals surface area (Å²) in [5.74, 6) is 1.71. The number of piperazine rings is 1. The molecule has 2 unspecified atom stereocenters. The highest BCUT2D eigenvalue weighted by atomic mass is 16.5. The summed E-state index contributed by atoms with van der Waals surface area (Å²) in [6, 6.07) is 9.88. The first-order valence-electron chi connectivity index (χ1n) is 10.3. The van der Waals surface area contributed by atoms with E-state index in [4.69, 9.17) is 4.52 Å². The molecule has 2 saturated heterocycles. The Morgan fingerprint density at radius 3 is 2.30 bits per heavy atom. The van der Waals surface area contributed by atoms with Crippen LogP contribution in [0.1, 0.15) is 40.4 Å². The molecular formula is C22H24N6O2. The Morgan fingerprint density at radius 2 is 1.67 bits per heavy atom. The zero-order valence-electron chi connectivity index (χ0n) is 17.4. The molecule has 0 N–H and O–H groups in total. The maximum Gasteiger partial charge on any atom is 0.258 e. The van der Waals surface area contributed by atoms with Gasteiger partial charge in [-0.05, 0) is 51.8 Å². The number of nitrogens with zero attached hydrogens (tertiary/aromatic N) is 6. The van der Waals surface area contributed by atoms with Gasteiger partial charge in [0.05, 0.1) is 11.1 Å². The summed E-state index contributed by atoms with van der Waals surface area (Å²) < 4.78 is 5.32. The number of rotatable bonds is 3.